The van der Waals surface area contributed by atoms with E-state index in [0.29, 0.717) is 0 Å². The van der Waals surface area contributed by atoms with Crippen LogP contribution in [0, 0.1) is 17.8 Å². The predicted octanol–water partition coefficient (Wildman–Crippen LogP) is 2.89. The topological polar surface area (TPSA) is 15.3 Å². The molecule has 4 unspecified atom stereocenters. The minimum absolute atomic E-state index is 0.831. The lowest BCUT2D eigenvalue weighted by Crippen LogP contribution is -2.34. The Labute approximate surface area is 113 Å². The van der Waals surface area contributed by atoms with Gasteiger partial charge in [-0.15, -0.1) is 0 Å². The summed E-state index contributed by atoms with van der Waals surface area (Å²) in [4.78, 5) is 2.77. The van der Waals surface area contributed by atoms with Crippen LogP contribution in [0.5, 0.6) is 0 Å². The highest BCUT2D eigenvalue weighted by Gasteiger charge is 2.36. The summed E-state index contributed by atoms with van der Waals surface area (Å²) < 4.78 is 0. The van der Waals surface area contributed by atoms with Crippen molar-refractivity contribution in [3.63, 3.8) is 0 Å². The van der Waals surface area contributed by atoms with Crippen LogP contribution in [0.3, 0.4) is 0 Å². The number of fused-ring (bicyclic) bond motifs is 1. The standard InChI is InChI=1S/C16H30N2/c1-2-17-16-8-4-5-13(16)9-10-18-11-14-6-3-7-15(14)12-18/h13-17H,2-12H2,1H3. The molecule has 2 heteroatoms. The summed E-state index contributed by atoms with van der Waals surface area (Å²) in [6, 6.07) is 0.831. The molecule has 0 aromatic carbocycles. The third-order valence-corrected chi connectivity index (χ3v) is 5.74. The van der Waals surface area contributed by atoms with Gasteiger partial charge in [-0.3, -0.25) is 0 Å². The lowest BCUT2D eigenvalue weighted by atomic mass is 9.99. The van der Waals surface area contributed by atoms with E-state index in [1.807, 2.05) is 0 Å². The van der Waals surface area contributed by atoms with Gasteiger partial charge in [0.15, 0.2) is 0 Å². The molecule has 3 fully saturated rings. The Bertz CT molecular complexity index is 254. The molecule has 1 N–H and O–H groups in total. The van der Waals surface area contributed by atoms with Crippen LogP contribution in [0.2, 0.25) is 0 Å². The number of hydrogen-bond acceptors (Lipinski definition) is 2. The van der Waals surface area contributed by atoms with Gasteiger partial charge in [0.2, 0.25) is 0 Å². The normalized spacial score (nSPS) is 40.5. The summed E-state index contributed by atoms with van der Waals surface area (Å²) >= 11 is 0. The minimum atomic E-state index is 0.831. The average molecular weight is 250 g/mol. The van der Waals surface area contributed by atoms with Gasteiger partial charge in [-0.05, 0) is 62.9 Å². The Morgan fingerprint density at radius 3 is 2.44 bits per heavy atom. The van der Waals surface area contributed by atoms with Crippen molar-refractivity contribution in [2.45, 2.75) is 57.9 Å². The van der Waals surface area contributed by atoms with Crippen molar-refractivity contribution in [2.24, 2.45) is 17.8 Å². The number of likely N-dealkylation sites (tertiary alicyclic amines) is 1. The first-order valence-corrected chi connectivity index (χ1v) is 8.32. The Balaban J connectivity index is 1.41. The van der Waals surface area contributed by atoms with Crippen LogP contribution in [0.1, 0.15) is 51.9 Å². The molecule has 2 aliphatic carbocycles. The van der Waals surface area contributed by atoms with Gasteiger partial charge >= 0.3 is 0 Å². The van der Waals surface area contributed by atoms with Gasteiger partial charge in [0.1, 0.15) is 0 Å². The summed E-state index contributed by atoms with van der Waals surface area (Å²) in [5.41, 5.74) is 0. The van der Waals surface area contributed by atoms with Gasteiger partial charge in [0, 0.05) is 19.1 Å². The Hall–Kier alpha value is -0.0800. The zero-order valence-corrected chi connectivity index (χ0v) is 12.0. The van der Waals surface area contributed by atoms with Crippen LogP contribution in [-0.2, 0) is 0 Å². The molecule has 1 saturated heterocycles. The lowest BCUT2D eigenvalue weighted by Gasteiger charge is -2.24. The van der Waals surface area contributed by atoms with Gasteiger partial charge < -0.3 is 10.2 Å². The molecule has 3 aliphatic rings. The smallest absolute Gasteiger partial charge is 0.00956 e. The second kappa shape index (κ2) is 5.92. The maximum absolute atomic E-state index is 3.69. The molecule has 1 heterocycles. The van der Waals surface area contributed by atoms with Crippen LogP contribution in [0.4, 0.5) is 0 Å². The highest BCUT2D eigenvalue weighted by atomic mass is 15.2. The third-order valence-electron chi connectivity index (χ3n) is 5.74. The van der Waals surface area contributed by atoms with Crippen LogP contribution in [-0.4, -0.2) is 37.1 Å². The molecule has 0 radical (unpaired) electrons. The molecule has 2 saturated carbocycles. The maximum atomic E-state index is 3.69. The minimum Gasteiger partial charge on any atom is -0.314 e. The van der Waals surface area contributed by atoms with Crippen molar-refractivity contribution in [1.82, 2.24) is 10.2 Å². The Morgan fingerprint density at radius 2 is 1.72 bits per heavy atom. The van der Waals surface area contributed by atoms with E-state index in [-0.39, 0.29) is 0 Å². The van der Waals surface area contributed by atoms with E-state index >= 15 is 0 Å². The van der Waals surface area contributed by atoms with Gasteiger partial charge in [-0.2, -0.15) is 0 Å². The van der Waals surface area contributed by atoms with E-state index in [1.165, 1.54) is 64.6 Å². The van der Waals surface area contributed by atoms with Gasteiger partial charge in [-0.1, -0.05) is 19.8 Å². The largest absolute Gasteiger partial charge is 0.314 e. The summed E-state index contributed by atoms with van der Waals surface area (Å²) in [7, 11) is 0. The molecule has 1 aliphatic heterocycles. The van der Waals surface area contributed by atoms with E-state index in [2.05, 4.69) is 17.1 Å². The van der Waals surface area contributed by atoms with Crippen LogP contribution in [0.25, 0.3) is 0 Å². The molecule has 4 atom stereocenters. The highest BCUT2D eigenvalue weighted by Crippen LogP contribution is 2.38. The number of hydrogen-bond donors (Lipinski definition) is 1. The fraction of sp³-hybridized carbons (Fsp3) is 1.00. The average Bonchev–Trinajstić information content (AvgIpc) is 3.01. The first-order chi connectivity index (χ1) is 8.86. The number of nitrogens with zero attached hydrogens (tertiary/aromatic N) is 1. The van der Waals surface area contributed by atoms with Crippen LogP contribution in [0.15, 0.2) is 0 Å². The second-order valence-corrected chi connectivity index (χ2v) is 6.85. The van der Waals surface area contributed by atoms with E-state index in [0.717, 1.165) is 30.3 Å². The number of nitrogens with one attached hydrogen (secondary N) is 1. The Morgan fingerprint density at radius 1 is 1.00 bits per heavy atom. The fourth-order valence-corrected chi connectivity index (χ4v) is 4.78. The van der Waals surface area contributed by atoms with Crippen LogP contribution < -0.4 is 5.32 Å². The highest BCUT2D eigenvalue weighted by molar-refractivity contribution is 4.90. The zero-order chi connectivity index (χ0) is 12.4. The molecule has 0 aromatic heterocycles. The summed E-state index contributed by atoms with van der Waals surface area (Å²) in [6.07, 6.45) is 10.3. The fourth-order valence-electron chi connectivity index (χ4n) is 4.78. The predicted molar refractivity (Wildman–Crippen MR) is 76.7 cm³/mol. The van der Waals surface area contributed by atoms with E-state index in [9.17, 15) is 0 Å². The number of rotatable bonds is 5. The molecule has 0 spiro atoms. The molecular formula is C16H30N2. The molecule has 0 aromatic rings. The summed E-state index contributed by atoms with van der Waals surface area (Å²) in [5, 5.41) is 3.69. The maximum Gasteiger partial charge on any atom is 0.00956 e. The second-order valence-electron chi connectivity index (χ2n) is 6.85. The summed E-state index contributed by atoms with van der Waals surface area (Å²) in [6.45, 7) is 7.61. The molecule has 0 amide bonds. The third kappa shape index (κ3) is 2.75. The zero-order valence-electron chi connectivity index (χ0n) is 12.0. The first kappa shape index (κ1) is 12.9. The summed E-state index contributed by atoms with van der Waals surface area (Å²) in [5.74, 6) is 3.10. The Kier molecular flexibility index (Phi) is 4.25. The molecule has 3 rings (SSSR count). The van der Waals surface area contributed by atoms with E-state index in [1.54, 1.807) is 0 Å². The van der Waals surface area contributed by atoms with Gasteiger partial charge in [0.05, 0.1) is 0 Å². The quantitative estimate of drug-likeness (QED) is 0.807. The van der Waals surface area contributed by atoms with Gasteiger partial charge in [0.25, 0.3) is 0 Å². The van der Waals surface area contributed by atoms with Gasteiger partial charge in [-0.25, -0.2) is 0 Å². The molecular weight excluding hydrogens is 220 g/mol. The van der Waals surface area contributed by atoms with Crippen molar-refractivity contribution in [3.05, 3.63) is 0 Å². The van der Waals surface area contributed by atoms with Crippen molar-refractivity contribution in [1.29, 1.82) is 0 Å². The van der Waals surface area contributed by atoms with Crippen molar-refractivity contribution in [2.75, 3.05) is 26.2 Å². The first-order valence-electron chi connectivity index (χ1n) is 8.32. The molecule has 0 bridgehead atoms. The molecule has 18 heavy (non-hydrogen) atoms. The lowest BCUT2D eigenvalue weighted by molar-refractivity contribution is 0.267. The molecule has 104 valence electrons. The van der Waals surface area contributed by atoms with E-state index in [4.69, 9.17) is 0 Å². The van der Waals surface area contributed by atoms with E-state index < -0.39 is 0 Å². The van der Waals surface area contributed by atoms with Crippen molar-refractivity contribution >= 4 is 0 Å². The van der Waals surface area contributed by atoms with Crippen LogP contribution >= 0.6 is 0 Å². The monoisotopic (exact) mass is 250 g/mol. The van der Waals surface area contributed by atoms with Crippen molar-refractivity contribution < 1.29 is 0 Å². The van der Waals surface area contributed by atoms with Crippen molar-refractivity contribution in [3.8, 4) is 0 Å². The SMILES string of the molecule is CCNC1CCCC1CCN1CC2CCCC2C1. The molecule has 2 nitrogen and oxygen atoms in total.